The van der Waals surface area contributed by atoms with E-state index in [-0.39, 0.29) is 23.0 Å². The minimum Gasteiger partial charge on any atom is -0.326 e. The maximum absolute atomic E-state index is 12.4. The van der Waals surface area contributed by atoms with Crippen molar-refractivity contribution in [3.63, 3.8) is 0 Å². The van der Waals surface area contributed by atoms with Crippen LogP contribution in [0.3, 0.4) is 0 Å². The maximum atomic E-state index is 12.4. The molecule has 0 aromatic heterocycles. The largest absolute Gasteiger partial charge is 0.326 e. The molecule has 0 radical (unpaired) electrons. The van der Waals surface area contributed by atoms with Gasteiger partial charge in [-0.05, 0) is 27.2 Å². The third-order valence-electron chi connectivity index (χ3n) is 3.24. The lowest BCUT2D eigenvalue weighted by Gasteiger charge is -2.38. The van der Waals surface area contributed by atoms with Gasteiger partial charge in [-0.15, -0.1) is 0 Å². The monoisotopic (exact) mass is 226 g/mol. The van der Waals surface area contributed by atoms with E-state index >= 15 is 0 Å². The lowest BCUT2D eigenvalue weighted by atomic mass is 9.84. The predicted molar refractivity (Wildman–Crippen MR) is 67.3 cm³/mol. The molecule has 0 spiro atoms. The van der Waals surface area contributed by atoms with Crippen molar-refractivity contribution in [2.75, 3.05) is 6.54 Å². The first-order chi connectivity index (χ1) is 7.03. The molecular weight excluding hydrogens is 200 g/mol. The Morgan fingerprint density at radius 2 is 1.69 bits per heavy atom. The van der Waals surface area contributed by atoms with E-state index in [0.29, 0.717) is 5.78 Å². The number of carbonyl (C=O) groups is 1. The van der Waals surface area contributed by atoms with Crippen molar-refractivity contribution in [3.8, 4) is 0 Å². The molecule has 0 aromatic carbocycles. The maximum Gasteiger partial charge on any atom is 0.155 e. The molecule has 94 valence electrons. The number of Topliss-reactive ketones (excluding diaryl/α,β-unsaturated/α-hetero) is 1. The van der Waals surface area contributed by atoms with Crippen LogP contribution >= 0.6 is 0 Å². The Kier molecular flexibility index (Phi) is 3.51. The zero-order valence-corrected chi connectivity index (χ0v) is 11.5. The van der Waals surface area contributed by atoms with Crippen molar-refractivity contribution in [3.05, 3.63) is 0 Å². The Labute approximate surface area is 99.4 Å². The Morgan fingerprint density at radius 3 is 2.06 bits per heavy atom. The van der Waals surface area contributed by atoms with Crippen molar-refractivity contribution in [1.82, 2.24) is 4.90 Å². The lowest BCUT2D eigenvalue weighted by molar-refractivity contribution is -0.132. The lowest BCUT2D eigenvalue weighted by Crippen LogP contribution is -2.50. The molecule has 1 saturated heterocycles. The van der Waals surface area contributed by atoms with Crippen molar-refractivity contribution in [2.45, 2.75) is 65.6 Å². The summed E-state index contributed by atoms with van der Waals surface area (Å²) in [6.45, 7) is 13.2. The minimum absolute atomic E-state index is 0.00463. The van der Waals surface area contributed by atoms with E-state index < -0.39 is 0 Å². The summed E-state index contributed by atoms with van der Waals surface area (Å²) in [6, 6.07) is 0.130. The van der Waals surface area contributed by atoms with Crippen molar-refractivity contribution >= 4 is 5.78 Å². The SMILES string of the molecule is CC(C)(C)C(=O)[C@@H]1C[C@H](N)CN1C(C)(C)C. The molecule has 1 aliphatic heterocycles. The Morgan fingerprint density at radius 1 is 1.19 bits per heavy atom. The second-order valence-corrected chi connectivity index (χ2v) is 6.95. The highest BCUT2D eigenvalue weighted by molar-refractivity contribution is 5.89. The van der Waals surface area contributed by atoms with E-state index in [1.165, 1.54) is 0 Å². The number of rotatable bonds is 1. The van der Waals surface area contributed by atoms with Crippen LogP contribution in [0.15, 0.2) is 0 Å². The molecule has 0 unspecified atom stereocenters. The smallest absolute Gasteiger partial charge is 0.155 e. The van der Waals surface area contributed by atoms with Gasteiger partial charge in [-0.25, -0.2) is 0 Å². The number of carbonyl (C=O) groups excluding carboxylic acids is 1. The van der Waals surface area contributed by atoms with Gasteiger partial charge in [0.1, 0.15) is 0 Å². The standard InChI is InChI=1S/C13H26N2O/c1-12(2,3)11(16)10-7-9(14)8-15(10)13(4,5)6/h9-10H,7-8,14H2,1-6H3/t9-,10-/m0/s1. The summed E-state index contributed by atoms with van der Waals surface area (Å²) in [7, 11) is 0. The number of hydrogen-bond acceptors (Lipinski definition) is 3. The molecule has 1 heterocycles. The Bertz CT molecular complexity index is 273. The fourth-order valence-corrected chi connectivity index (χ4v) is 2.36. The summed E-state index contributed by atoms with van der Waals surface area (Å²) in [5.74, 6) is 0.315. The molecule has 0 bridgehead atoms. The molecule has 0 saturated carbocycles. The first-order valence-electron chi connectivity index (χ1n) is 6.10. The van der Waals surface area contributed by atoms with Crippen molar-refractivity contribution in [2.24, 2.45) is 11.1 Å². The van der Waals surface area contributed by atoms with E-state index in [1.54, 1.807) is 0 Å². The number of nitrogens with two attached hydrogens (primary N) is 1. The summed E-state index contributed by atoms with van der Waals surface area (Å²) in [4.78, 5) is 14.6. The van der Waals surface area contributed by atoms with Gasteiger partial charge in [0.05, 0.1) is 6.04 Å². The molecule has 1 fully saturated rings. The molecule has 3 heteroatoms. The zero-order valence-electron chi connectivity index (χ0n) is 11.5. The Balaban J connectivity index is 2.91. The second-order valence-electron chi connectivity index (χ2n) is 6.95. The van der Waals surface area contributed by atoms with Crippen molar-refractivity contribution < 1.29 is 4.79 Å². The van der Waals surface area contributed by atoms with Gasteiger partial charge in [-0.3, -0.25) is 9.69 Å². The highest BCUT2D eigenvalue weighted by Crippen LogP contribution is 2.31. The van der Waals surface area contributed by atoms with Crippen LogP contribution < -0.4 is 5.73 Å². The van der Waals surface area contributed by atoms with E-state index in [4.69, 9.17) is 5.73 Å². The molecule has 2 atom stereocenters. The normalized spacial score (nSPS) is 28.4. The first-order valence-corrected chi connectivity index (χ1v) is 6.10. The number of likely N-dealkylation sites (tertiary alicyclic amines) is 1. The van der Waals surface area contributed by atoms with Gasteiger partial charge in [0.25, 0.3) is 0 Å². The van der Waals surface area contributed by atoms with Crippen LogP contribution in [0, 0.1) is 5.41 Å². The second kappa shape index (κ2) is 4.11. The molecular formula is C13H26N2O. The topological polar surface area (TPSA) is 46.3 Å². The fourth-order valence-electron chi connectivity index (χ4n) is 2.36. The van der Waals surface area contributed by atoms with Crippen LogP contribution in [0.2, 0.25) is 0 Å². The summed E-state index contributed by atoms with van der Waals surface area (Å²) in [5, 5.41) is 0. The molecule has 3 nitrogen and oxygen atoms in total. The van der Waals surface area contributed by atoms with Gasteiger partial charge in [0.15, 0.2) is 5.78 Å². The molecule has 1 rings (SSSR count). The van der Waals surface area contributed by atoms with Gasteiger partial charge in [-0.1, -0.05) is 20.8 Å². The van der Waals surface area contributed by atoms with Crippen LogP contribution in [0.5, 0.6) is 0 Å². The van der Waals surface area contributed by atoms with E-state index in [0.717, 1.165) is 13.0 Å². The number of nitrogens with zero attached hydrogens (tertiary/aromatic N) is 1. The third-order valence-corrected chi connectivity index (χ3v) is 3.24. The number of hydrogen-bond donors (Lipinski definition) is 1. The van der Waals surface area contributed by atoms with Gasteiger partial charge in [0, 0.05) is 23.5 Å². The van der Waals surface area contributed by atoms with Gasteiger partial charge >= 0.3 is 0 Å². The van der Waals surface area contributed by atoms with E-state index in [1.807, 2.05) is 20.8 Å². The van der Waals surface area contributed by atoms with Crippen LogP contribution in [-0.2, 0) is 4.79 Å². The molecule has 2 N–H and O–H groups in total. The Hall–Kier alpha value is -0.410. The highest BCUT2D eigenvalue weighted by Gasteiger charge is 2.43. The van der Waals surface area contributed by atoms with Crippen LogP contribution in [0.25, 0.3) is 0 Å². The summed E-state index contributed by atoms with van der Waals surface area (Å²) >= 11 is 0. The van der Waals surface area contributed by atoms with Gasteiger partial charge < -0.3 is 5.73 Å². The van der Waals surface area contributed by atoms with Crippen LogP contribution in [-0.4, -0.2) is 34.9 Å². The number of ketones is 1. The molecule has 16 heavy (non-hydrogen) atoms. The van der Waals surface area contributed by atoms with Gasteiger partial charge in [0.2, 0.25) is 0 Å². The predicted octanol–water partition coefficient (Wildman–Crippen LogP) is 1.80. The van der Waals surface area contributed by atoms with Crippen LogP contribution in [0.1, 0.15) is 48.0 Å². The summed E-state index contributed by atoms with van der Waals surface area (Å²) in [6.07, 6.45) is 0.799. The molecule has 1 aliphatic rings. The third kappa shape index (κ3) is 2.83. The average Bonchev–Trinajstić information content (AvgIpc) is 2.43. The first kappa shape index (κ1) is 13.7. The molecule has 0 aliphatic carbocycles. The molecule has 0 aromatic rings. The van der Waals surface area contributed by atoms with E-state index in [2.05, 4.69) is 25.7 Å². The van der Waals surface area contributed by atoms with Crippen LogP contribution in [0.4, 0.5) is 0 Å². The summed E-state index contributed by atoms with van der Waals surface area (Å²) in [5.41, 5.74) is 5.73. The zero-order chi connectivity index (χ0) is 12.7. The van der Waals surface area contributed by atoms with E-state index in [9.17, 15) is 4.79 Å². The fraction of sp³-hybridized carbons (Fsp3) is 0.923. The average molecular weight is 226 g/mol. The van der Waals surface area contributed by atoms with Gasteiger partial charge in [-0.2, -0.15) is 0 Å². The highest BCUT2D eigenvalue weighted by atomic mass is 16.1. The minimum atomic E-state index is -0.280. The molecule has 0 amide bonds. The summed E-state index contributed by atoms with van der Waals surface area (Å²) < 4.78 is 0. The quantitative estimate of drug-likeness (QED) is 0.741. The van der Waals surface area contributed by atoms with Crippen molar-refractivity contribution in [1.29, 1.82) is 0 Å².